The lowest BCUT2D eigenvalue weighted by molar-refractivity contribution is 0.0955. The summed E-state index contributed by atoms with van der Waals surface area (Å²) in [5.74, 6) is 1.41. The number of benzene rings is 2. The largest absolute Gasteiger partial charge is 0.493 e. The number of amides is 1. The maximum Gasteiger partial charge on any atom is 0.271 e. The Balaban J connectivity index is 1.37. The van der Waals surface area contributed by atoms with E-state index in [0.717, 1.165) is 29.0 Å². The van der Waals surface area contributed by atoms with Crippen LogP contribution < -0.4 is 14.9 Å². The van der Waals surface area contributed by atoms with Gasteiger partial charge in [-0.15, -0.1) is 0 Å². The summed E-state index contributed by atoms with van der Waals surface area (Å²) < 4.78 is 11.5. The molecule has 0 bridgehead atoms. The standard InChI is InChI=1S/C23H23N3O3/c1-18-5-2-3-6-22(18)29-16-4-15-28-21-9-7-19(8-10-21)17-25-26-23(27)20-11-13-24-14-12-20/h2-3,5-14,17H,4,15-16H2,1H3,(H,26,27). The highest BCUT2D eigenvalue weighted by Crippen LogP contribution is 2.16. The SMILES string of the molecule is Cc1ccccc1OCCCOc1ccc(C=NNC(=O)c2ccncc2)cc1. The minimum Gasteiger partial charge on any atom is -0.493 e. The fourth-order valence-corrected chi connectivity index (χ4v) is 2.53. The van der Waals surface area contributed by atoms with Crippen LogP contribution in [0.5, 0.6) is 11.5 Å². The molecule has 3 rings (SSSR count). The second-order valence-electron chi connectivity index (χ2n) is 6.32. The molecule has 0 saturated heterocycles. The molecule has 1 amide bonds. The van der Waals surface area contributed by atoms with Gasteiger partial charge in [0.25, 0.3) is 5.91 Å². The molecular formula is C23H23N3O3. The number of ether oxygens (including phenoxy) is 2. The third-order valence-electron chi connectivity index (χ3n) is 4.11. The van der Waals surface area contributed by atoms with Crippen molar-refractivity contribution in [3.63, 3.8) is 0 Å². The average Bonchev–Trinajstić information content (AvgIpc) is 2.76. The van der Waals surface area contributed by atoms with Gasteiger partial charge < -0.3 is 9.47 Å². The third kappa shape index (κ3) is 6.46. The molecule has 0 unspecified atom stereocenters. The van der Waals surface area contributed by atoms with E-state index in [4.69, 9.17) is 9.47 Å². The summed E-state index contributed by atoms with van der Waals surface area (Å²) in [6.07, 6.45) is 5.50. The fraction of sp³-hybridized carbons (Fsp3) is 0.174. The zero-order valence-electron chi connectivity index (χ0n) is 16.2. The number of hydrogen-bond acceptors (Lipinski definition) is 5. The first-order chi connectivity index (χ1) is 14.2. The molecular weight excluding hydrogens is 366 g/mol. The van der Waals surface area contributed by atoms with Crippen molar-refractivity contribution in [1.29, 1.82) is 0 Å². The lowest BCUT2D eigenvalue weighted by Gasteiger charge is -2.09. The van der Waals surface area contributed by atoms with Crippen LogP contribution in [0, 0.1) is 6.92 Å². The van der Waals surface area contributed by atoms with E-state index in [2.05, 4.69) is 15.5 Å². The highest BCUT2D eigenvalue weighted by Gasteiger charge is 2.02. The van der Waals surface area contributed by atoms with Gasteiger partial charge in [0.1, 0.15) is 11.5 Å². The molecule has 0 atom stereocenters. The molecule has 148 valence electrons. The first kappa shape index (κ1) is 20.1. The van der Waals surface area contributed by atoms with E-state index in [1.165, 1.54) is 0 Å². The molecule has 2 aromatic carbocycles. The Morgan fingerprint density at radius 2 is 1.72 bits per heavy atom. The van der Waals surface area contributed by atoms with Gasteiger partial charge in [-0.25, -0.2) is 5.43 Å². The second-order valence-corrected chi connectivity index (χ2v) is 6.32. The van der Waals surface area contributed by atoms with Crippen LogP contribution in [-0.2, 0) is 0 Å². The lowest BCUT2D eigenvalue weighted by atomic mass is 10.2. The molecule has 1 heterocycles. The van der Waals surface area contributed by atoms with E-state index in [1.807, 2.05) is 55.5 Å². The van der Waals surface area contributed by atoms with E-state index in [9.17, 15) is 4.79 Å². The number of rotatable bonds is 9. The highest BCUT2D eigenvalue weighted by molar-refractivity contribution is 5.94. The number of carbonyl (C=O) groups is 1. The van der Waals surface area contributed by atoms with Gasteiger partial charge in [-0.2, -0.15) is 5.10 Å². The molecule has 0 radical (unpaired) electrons. The molecule has 1 N–H and O–H groups in total. The first-order valence-electron chi connectivity index (χ1n) is 9.37. The molecule has 6 nitrogen and oxygen atoms in total. The van der Waals surface area contributed by atoms with Crippen molar-refractivity contribution >= 4 is 12.1 Å². The number of nitrogens with one attached hydrogen (secondary N) is 1. The molecule has 3 aromatic rings. The minimum atomic E-state index is -0.281. The Hall–Kier alpha value is -3.67. The maximum atomic E-state index is 11.9. The summed E-state index contributed by atoms with van der Waals surface area (Å²) in [5, 5.41) is 3.97. The van der Waals surface area contributed by atoms with Crippen LogP contribution in [0.2, 0.25) is 0 Å². The maximum absolute atomic E-state index is 11.9. The molecule has 0 aliphatic carbocycles. The Bertz CT molecular complexity index is 941. The molecule has 0 saturated carbocycles. The predicted molar refractivity (Wildman–Crippen MR) is 113 cm³/mol. The zero-order valence-corrected chi connectivity index (χ0v) is 16.2. The number of aromatic nitrogens is 1. The van der Waals surface area contributed by atoms with Crippen LogP contribution >= 0.6 is 0 Å². The molecule has 0 fully saturated rings. The third-order valence-corrected chi connectivity index (χ3v) is 4.11. The normalized spacial score (nSPS) is 10.7. The van der Waals surface area contributed by atoms with Crippen molar-refractivity contribution in [2.45, 2.75) is 13.3 Å². The van der Waals surface area contributed by atoms with Crippen LogP contribution in [0.3, 0.4) is 0 Å². The molecule has 6 heteroatoms. The van der Waals surface area contributed by atoms with E-state index in [0.29, 0.717) is 18.8 Å². The van der Waals surface area contributed by atoms with Gasteiger partial charge in [-0.3, -0.25) is 9.78 Å². The molecule has 29 heavy (non-hydrogen) atoms. The summed E-state index contributed by atoms with van der Waals surface area (Å²) in [7, 11) is 0. The number of nitrogens with zero attached hydrogens (tertiary/aromatic N) is 2. The number of hydrogen-bond donors (Lipinski definition) is 1. The number of hydrazone groups is 1. The fourth-order valence-electron chi connectivity index (χ4n) is 2.53. The van der Waals surface area contributed by atoms with Crippen molar-refractivity contribution in [3.8, 4) is 11.5 Å². The average molecular weight is 389 g/mol. The molecule has 1 aromatic heterocycles. The summed E-state index contributed by atoms with van der Waals surface area (Å²) in [5.41, 5.74) is 4.98. The van der Waals surface area contributed by atoms with Crippen LogP contribution in [0.4, 0.5) is 0 Å². The van der Waals surface area contributed by atoms with Gasteiger partial charge in [0, 0.05) is 24.4 Å². The van der Waals surface area contributed by atoms with Gasteiger partial charge >= 0.3 is 0 Å². The summed E-state index contributed by atoms with van der Waals surface area (Å²) in [6, 6.07) is 18.7. The Morgan fingerprint density at radius 3 is 2.48 bits per heavy atom. The van der Waals surface area contributed by atoms with Gasteiger partial charge in [0.2, 0.25) is 0 Å². The second kappa shape index (κ2) is 10.6. The molecule has 0 spiro atoms. The molecule has 0 aliphatic heterocycles. The minimum absolute atomic E-state index is 0.281. The first-order valence-corrected chi connectivity index (χ1v) is 9.37. The number of para-hydroxylation sites is 1. The van der Waals surface area contributed by atoms with Crippen LogP contribution in [0.1, 0.15) is 27.9 Å². The van der Waals surface area contributed by atoms with E-state index in [1.54, 1.807) is 30.7 Å². The van der Waals surface area contributed by atoms with Crippen molar-refractivity contribution in [2.24, 2.45) is 5.10 Å². The van der Waals surface area contributed by atoms with Crippen LogP contribution in [0.25, 0.3) is 0 Å². The number of pyridine rings is 1. The topological polar surface area (TPSA) is 72.8 Å². The zero-order chi connectivity index (χ0) is 20.3. The van der Waals surface area contributed by atoms with E-state index in [-0.39, 0.29) is 5.91 Å². The van der Waals surface area contributed by atoms with Gasteiger partial charge in [0.15, 0.2) is 0 Å². The van der Waals surface area contributed by atoms with Crippen molar-refractivity contribution in [1.82, 2.24) is 10.4 Å². The van der Waals surface area contributed by atoms with Crippen molar-refractivity contribution < 1.29 is 14.3 Å². The smallest absolute Gasteiger partial charge is 0.271 e. The van der Waals surface area contributed by atoms with Crippen molar-refractivity contribution in [2.75, 3.05) is 13.2 Å². The summed E-state index contributed by atoms with van der Waals surface area (Å²) in [6.45, 7) is 3.20. The van der Waals surface area contributed by atoms with Crippen molar-refractivity contribution in [3.05, 3.63) is 89.7 Å². The van der Waals surface area contributed by atoms with E-state index < -0.39 is 0 Å². The van der Waals surface area contributed by atoms with Crippen LogP contribution in [0.15, 0.2) is 78.2 Å². The lowest BCUT2D eigenvalue weighted by Crippen LogP contribution is -2.17. The predicted octanol–water partition coefficient (Wildman–Crippen LogP) is 4.00. The van der Waals surface area contributed by atoms with Gasteiger partial charge in [0.05, 0.1) is 19.4 Å². The molecule has 0 aliphatic rings. The van der Waals surface area contributed by atoms with E-state index >= 15 is 0 Å². The summed E-state index contributed by atoms with van der Waals surface area (Å²) >= 11 is 0. The number of carbonyl (C=O) groups excluding carboxylic acids is 1. The highest BCUT2D eigenvalue weighted by atomic mass is 16.5. The quantitative estimate of drug-likeness (QED) is 0.341. The van der Waals surface area contributed by atoms with Gasteiger partial charge in [-0.05, 0) is 60.5 Å². The number of aryl methyl sites for hydroxylation is 1. The Kier molecular flexibility index (Phi) is 7.34. The summed E-state index contributed by atoms with van der Waals surface area (Å²) in [4.78, 5) is 15.8. The monoisotopic (exact) mass is 389 g/mol. The Morgan fingerprint density at radius 1 is 1.00 bits per heavy atom. The Labute approximate surface area is 170 Å². The van der Waals surface area contributed by atoms with Crippen LogP contribution in [-0.4, -0.2) is 30.3 Å². The van der Waals surface area contributed by atoms with Gasteiger partial charge in [-0.1, -0.05) is 18.2 Å².